The summed E-state index contributed by atoms with van der Waals surface area (Å²) in [7, 11) is 0. The lowest BCUT2D eigenvalue weighted by atomic mass is 10.2. The van der Waals surface area contributed by atoms with Gasteiger partial charge in [-0.25, -0.2) is 0 Å². The second-order valence-corrected chi connectivity index (χ2v) is 4.80. The van der Waals surface area contributed by atoms with E-state index in [1.54, 1.807) is 12.1 Å². The van der Waals surface area contributed by atoms with Crippen molar-refractivity contribution in [2.24, 2.45) is 5.92 Å². The van der Waals surface area contributed by atoms with E-state index in [2.05, 4.69) is 5.32 Å². The Balaban J connectivity index is 1.75. The van der Waals surface area contributed by atoms with E-state index in [1.807, 2.05) is 0 Å². The van der Waals surface area contributed by atoms with E-state index in [4.69, 9.17) is 10.5 Å². The first-order valence-corrected chi connectivity index (χ1v) is 6.53. The van der Waals surface area contributed by atoms with Gasteiger partial charge in [-0.05, 0) is 37.3 Å². The third-order valence-electron chi connectivity index (χ3n) is 3.08. The van der Waals surface area contributed by atoms with Gasteiger partial charge >= 0.3 is 5.69 Å². The highest BCUT2D eigenvalue weighted by Gasteiger charge is 2.21. The summed E-state index contributed by atoms with van der Waals surface area (Å²) in [4.78, 5) is 10.5. The van der Waals surface area contributed by atoms with Crippen LogP contribution in [-0.4, -0.2) is 24.7 Å². The fourth-order valence-corrected chi connectivity index (χ4v) is 1.84. The Labute approximate surface area is 112 Å². The fourth-order valence-electron chi connectivity index (χ4n) is 1.84. The molecule has 0 spiro atoms. The SMILES string of the molecule is Nc1cccc(NCCCOCC2CC2)c1[N+](=O)[O-]. The van der Waals surface area contributed by atoms with Gasteiger partial charge in [0, 0.05) is 19.8 Å². The number of rotatable bonds is 8. The molecule has 6 heteroatoms. The number of anilines is 2. The van der Waals surface area contributed by atoms with Crippen LogP contribution in [0.4, 0.5) is 17.1 Å². The molecule has 0 aromatic heterocycles. The smallest absolute Gasteiger partial charge is 0.314 e. The molecule has 104 valence electrons. The van der Waals surface area contributed by atoms with Crippen molar-refractivity contribution in [2.45, 2.75) is 19.3 Å². The molecule has 0 amide bonds. The summed E-state index contributed by atoms with van der Waals surface area (Å²) >= 11 is 0. The average Bonchev–Trinajstić information content (AvgIpc) is 3.17. The van der Waals surface area contributed by atoms with E-state index in [1.165, 1.54) is 18.9 Å². The summed E-state index contributed by atoms with van der Waals surface area (Å²) in [6, 6.07) is 4.90. The van der Waals surface area contributed by atoms with Gasteiger partial charge in [0.2, 0.25) is 0 Å². The van der Waals surface area contributed by atoms with Gasteiger partial charge in [-0.2, -0.15) is 0 Å². The van der Waals surface area contributed by atoms with Crippen LogP contribution in [0.5, 0.6) is 0 Å². The van der Waals surface area contributed by atoms with Gasteiger partial charge in [-0.1, -0.05) is 6.07 Å². The first-order valence-electron chi connectivity index (χ1n) is 6.53. The number of benzene rings is 1. The average molecular weight is 265 g/mol. The molecule has 19 heavy (non-hydrogen) atoms. The van der Waals surface area contributed by atoms with Crippen molar-refractivity contribution < 1.29 is 9.66 Å². The van der Waals surface area contributed by atoms with Crippen LogP contribution < -0.4 is 11.1 Å². The van der Waals surface area contributed by atoms with Crippen LogP contribution >= 0.6 is 0 Å². The van der Waals surface area contributed by atoms with Crippen molar-refractivity contribution in [3.05, 3.63) is 28.3 Å². The molecule has 0 heterocycles. The second-order valence-electron chi connectivity index (χ2n) is 4.80. The van der Waals surface area contributed by atoms with Crippen LogP contribution in [0.3, 0.4) is 0 Å². The predicted octanol–water partition coefficient (Wildman–Crippen LogP) is 2.41. The third kappa shape index (κ3) is 4.10. The van der Waals surface area contributed by atoms with Crippen LogP contribution in [0.15, 0.2) is 18.2 Å². The Bertz CT molecular complexity index is 447. The van der Waals surface area contributed by atoms with Gasteiger partial charge in [-0.3, -0.25) is 10.1 Å². The Hall–Kier alpha value is -1.82. The van der Waals surface area contributed by atoms with Crippen molar-refractivity contribution in [3.8, 4) is 0 Å². The first kappa shape index (κ1) is 13.6. The van der Waals surface area contributed by atoms with E-state index in [-0.39, 0.29) is 11.4 Å². The van der Waals surface area contributed by atoms with Gasteiger partial charge < -0.3 is 15.8 Å². The molecule has 0 aliphatic heterocycles. The second kappa shape index (κ2) is 6.38. The molecule has 0 bridgehead atoms. The molecule has 1 aliphatic rings. The monoisotopic (exact) mass is 265 g/mol. The lowest BCUT2D eigenvalue weighted by molar-refractivity contribution is -0.383. The number of ether oxygens (including phenoxy) is 1. The molecule has 6 nitrogen and oxygen atoms in total. The molecule has 0 saturated heterocycles. The Kier molecular flexibility index (Phi) is 4.57. The minimum atomic E-state index is -0.457. The molecule has 1 fully saturated rings. The van der Waals surface area contributed by atoms with E-state index in [0.717, 1.165) is 18.9 Å². The van der Waals surface area contributed by atoms with Crippen LogP contribution in [-0.2, 0) is 4.74 Å². The minimum Gasteiger partial charge on any atom is -0.393 e. The van der Waals surface area contributed by atoms with E-state index < -0.39 is 4.92 Å². The van der Waals surface area contributed by atoms with Gasteiger partial charge in [-0.15, -0.1) is 0 Å². The topological polar surface area (TPSA) is 90.4 Å². The zero-order chi connectivity index (χ0) is 13.7. The number of nitrogens with one attached hydrogen (secondary N) is 1. The number of nitrogens with zero attached hydrogens (tertiary/aromatic N) is 1. The molecular formula is C13H19N3O3. The van der Waals surface area contributed by atoms with Crippen molar-refractivity contribution in [1.29, 1.82) is 0 Å². The molecule has 0 atom stereocenters. The molecule has 2 rings (SSSR count). The standard InChI is InChI=1S/C13H19N3O3/c14-11-3-1-4-12(13(11)16(17)18)15-7-2-8-19-9-10-5-6-10/h1,3-4,10,15H,2,5-9,14H2. The van der Waals surface area contributed by atoms with Crippen molar-refractivity contribution in [1.82, 2.24) is 0 Å². The third-order valence-corrected chi connectivity index (χ3v) is 3.08. The van der Waals surface area contributed by atoms with Crippen LogP contribution in [0.25, 0.3) is 0 Å². The molecule has 0 unspecified atom stereocenters. The maximum absolute atomic E-state index is 10.9. The highest BCUT2D eigenvalue weighted by molar-refractivity contribution is 5.74. The summed E-state index contributed by atoms with van der Waals surface area (Å²) in [5, 5.41) is 14.0. The Morgan fingerprint density at radius 2 is 2.26 bits per heavy atom. The summed E-state index contributed by atoms with van der Waals surface area (Å²) < 4.78 is 5.50. The van der Waals surface area contributed by atoms with Gasteiger partial charge in [0.25, 0.3) is 0 Å². The number of nitro groups is 1. The predicted molar refractivity (Wildman–Crippen MR) is 74.2 cm³/mol. The highest BCUT2D eigenvalue weighted by atomic mass is 16.6. The van der Waals surface area contributed by atoms with Gasteiger partial charge in [0.15, 0.2) is 0 Å². The fraction of sp³-hybridized carbons (Fsp3) is 0.538. The van der Waals surface area contributed by atoms with Gasteiger partial charge in [0.1, 0.15) is 11.4 Å². The minimum absolute atomic E-state index is 0.0543. The molecule has 0 radical (unpaired) electrons. The number of hydrogen-bond donors (Lipinski definition) is 2. The lowest BCUT2D eigenvalue weighted by Gasteiger charge is -2.08. The Morgan fingerprint density at radius 3 is 2.95 bits per heavy atom. The number of para-hydroxylation sites is 1. The number of nitro benzene ring substituents is 1. The highest BCUT2D eigenvalue weighted by Crippen LogP contribution is 2.30. The number of hydrogen-bond acceptors (Lipinski definition) is 5. The maximum Gasteiger partial charge on any atom is 0.314 e. The lowest BCUT2D eigenvalue weighted by Crippen LogP contribution is -2.09. The molecule has 1 aromatic rings. The summed E-state index contributed by atoms with van der Waals surface area (Å²) in [5.74, 6) is 0.767. The zero-order valence-corrected chi connectivity index (χ0v) is 10.8. The number of nitrogens with two attached hydrogens (primary N) is 1. The molecule has 1 saturated carbocycles. The summed E-state index contributed by atoms with van der Waals surface area (Å²) in [6.45, 7) is 2.16. The summed E-state index contributed by atoms with van der Waals surface area (Å²) in [5.41, 5.74) is 6.20. The van der Waals surface area contributed by atoms with Crippen LogP contribution in [0, 0.1) is 16.0 Å². The van der Waals surface area contributed by atoms with Crippen molar-refractivity contribution in [3.63, 3.8) is 0 Å². The number of nitrogen functional groups attached to an aromatic ring is 1. The van der Waals surface area contributed by atoms with Crippen LogP contribution in [0.2, 0.25) is 0 Å². The van der Waals surface area contributed by atoms with E-state index in [0.29, 0.717) is 18.8 Å². The zero-order valence-electron chi connectivity index (χ0n) is 10.8. The Morgan fingerprint density at radius 1 is 1.47 bits per heavy atom. The van der Waals surface area contributed by atoms with E-state index >= 15 is 0 Å². The summed E-state index contributed by atoms with van der Waals surface area (Å²) in [6.07, 6.45) is 3.39. The largest absolute Gasteiger partial charge is 0.393 e. The quantitative estimate of drug-likeness (QED) is 0.326. The first-order chi connectivity index (χ1) is 9.18. The van der Waals surface area contributed by atoms with Crippen molar-refractivity contribution in [2.75, 3.05) is 30.8 Å². The molecule has 3 N–H and O–H groups in total. The van der Waals surface area contributed by atoms with Gasteiger partial charge in [0.05, 0.1) is 4.92 Å². The molecular weight excluding hydrogens is 246 g/mol. The molecule has 1 aliphatic carbocycles. The van der Waals surface area contributed by atoms with Crippen molar-refractivity contribution >= 4 is 17.1 Å². The van der Waals surface area contributed by atoms with E-state index in [9.17, 15) is 10.1 Å². The maximum atomic E-state index is 10.9. The van der Waals surface area contributed by atoms with Crippen LogP contribution in [0.1, 0.15) is 19.3 Å². The molecule has 1 aromatic carbocycles. The normalized spacial score (nSPS) is 14.3.